The number of hydrogen-bond donors (Lipinski definition) is 1. The summed E-state index contributed by atoms with van der Waals surface area (Å²) in [5.41, 5.74) is 0. The number of carbonyl (C=O) groups is 1. The molecule has 0 saturated heterocycles. The van der Waals surface area contributed by atoms with Gasteiger partial charge in [-0.25, -0.2) is 0 Å². The lowest BCUT2D eigenvalue weighted by Gasteiger charge is -1.99. The molecule has 0 rings (SSSR count). The summed E-state index contributed by atoms with van der Waals surface area (Å²) >= 11 is 0. The third kappa shape index (κ3) is 5.30. The molecule has 0 aromatic carbocycles. The van der Waals surface area contributed by atoms with Crippen LogP contribution in [0.2, 0.25) is 0 Å². The van der Waals surface area contributed by atoms with Crippen LogP contribution in [0.5, 0.6) is 0 Å². The van der Waals surface area contributed by atoms with Gasteiger partial charge in [0.1, 0.15) is 0 Å². The van der Waals surface area contributed by atoms with Crippen LogP contribution in [0.15, 0.2) is 0 Å². The molecule has 1 radical (unpaired) electrons. The van der Waals surface area contributed by atoms with Crippen LogP contribution in [0.1, 0.15) is 13.8 Å². The Labute approximate surface area is 55.4 Å². The van der Waals surface area contributed by atoms with Crippen molar-refractivity contribution in [3.05, 3.63) is 6.54 Å². The van der Waals surface area contributed by atoms with Gasteiger partial charge in [0.05, 0.1) is 13.2 Å². The third-order valence-corrected chi connectivity index (χ3v) is 0.756. The summed E-state index contributed by atoms with van der Waals surface area (Å²) in [5.74, 6) is -0.212. The second kappa shape index (κ2) is 5.56. The lowest BCUT2D eigenvalue weighted by molar-refractivity contribution is -0.141. The summed E-state index contributed by atoms with van der Waals surface area (Å²) in [6.45, 7) is 6.03. The summed E-state index contributed by atoms with van der Waals surface area (Å²) in [6, 6.07) is 0. The van der Waals surface area contributed by atoms with Crippen molar-refractivity contribution < 1.29 is 9.53 Å². The summed E-state index contributed by atoms with van der Waals surface area (Å²) in [7, 11) is 0. The number of hydrogen-bond acceptors (Lipinski definition) is 3. The van der Waals surface area contributed by atoms with Gasteiger partial charge in [-0.15, -0.1) is 0 Å². The standard InChI is InChI=1S/C6H12NO2/c1-3-7-5-6(8)9-4-2/h3,7H,4-5H2,1-2H3. The van der Waals surface area contributed by atoms with Crippen molar-refractivity contribution in [2.24, 2.45) is 0 Å². The first-order chi connectivity index (χ1) is 4.31. The Bertz CT molecular complexity index is 83.1. The molecule has 0 aliphatic carbocycles. The van der Waals surface area contributed by atoms with Crippen molar-refractivity contribution in [3.8, 4) is 0 Å². The molecule has 0 amide bonds. The Morgan fingerprint density at radius 3 is 2.89 bits per heavy atom. The second-order valence-electron chi connectivity index (χ2n) is 1.47. The van der Waals surface area contributed by atoms with Crippen molar-refractivity contribution >= 4 is 5.97 Å². The highest BCUT2D eigenvalue weighted by Crippen LogP contribution is 1.74. The molecular weight excluding hydrogens is 118 g/mol. The maximum absolute atomic E-state index is 10.5. The molecule has 0 spiro atoms. The zero-order valence-electron chi connectivity index (χ0n) is 5.81. The summed E-state index contributed by atoms with van der Waals surface area (Å²) in [5, 5.41) is 2.73. The molecule has 0 aromatic heterocycles. The molecule has 0 heterocycles. The van der Waals surface area contributed by atoms with Crippen LogP contribution < -0.4 is 5.32 Å². The van der Waals surface area contributed by atoms with Crippen LogP contribution >= 0.6 is 0 Å². The van der Waals surface area contributed by atoms with Gasteiger partial charge in [0.2, 0.25) is 0 Å². The number of rotatable bonds is 4. The molecule has 0 aromatic rings. The van der Waals surface area contributed by atoms with Gasteiger partial charge in [0.25, 0.3) is 0 Å². The quantitative estimate of drug-likeness (QED) is 0.557. The first-order valence-electron chi connectivity index (χ1n) is 2.98. The van der Waals surface area contributed by atoms with Crippen molar-refractivity contribution in [2.75, 3.05) is 13.2 Å². The van der Waals surface area contributed by atoms with Crippen molar-refractivity contribution in [1.82, 2.24) is 5.32 Å². The lowest BCUT2D eigenvalue weighted by Crippen LogP contribution is -2.21. The van der Waals surface area contributed by atoms with E-state index in [4.69, 9.17) is 0 Å². The van der Waals surface area contributed by atoms with Gasteiger partial charge in [-0.3, -0.25) is 4.79 Å². The van der Waals surface area contributed by atoms with E-state index in [1.165, 1.54) is 0 Å². The van der Waals surface area contributed by atoms with Crippen LogP contribution in [0.3, 0.4) is 0 Å². The Morgan fingerprint density at radius 2 is 2.44 bits per heavy atom. The van der Waals surface area contributed by atoms with Gasteiger partial charge in [0.15, 0.2) is 0 Å². The first kappa shape index (κ1) is 8.43. The summed E-state index contributed by atoms with van der Waals surface area (Å²) in [6.07, 6.45) is 0. The molecule has 0 aliphatic rings. The van der Waals surface area contributed by atoms with Crippen molar-refractivity contribution in [3.63, 3.8) is 0 Å². The molecule has 0 unspecified atom stereocenters. The Morgan fingerprint density at radius 1 is 1.78 bits per heavy atom. The topological polar surface area (TPSA) is 38.3 Å². The highest BCUT2D eigenvalue weighted by atomic mass is 16.5. The van der Waals surface area contributed by atoms with E-state index in [0.29, 0.717) is 6.61 Å². The van der Waals surface area contributed by atoms with Gasteiger partial charge >= 0.3 is 5.97 Å². The highest BCUT2D eigenvalue weighted by molar-refractivity contribution is 5.71. The Hall–Kier alpha value is -0.570. The smallest absolute Gasteiger partial charge is 0.319 e. The van der Waals surface area contributed by atoms with Crippen LogP contribution in [-0.4, -0.2) is 19.1 Å². The molecule has 1 N–H and O–H groups in total. The lowest BCUT2D eigenvalue weighted by atomic mass is 10.6. The predicted molar refractivity (Wildman–Crippen MR) is 34.6 cm³/mol. The average molecular weight is 130 g/mol. The van der Waals surface area contributed by atoms with E-state index in [0.717, 1.165) is 0 Å². The monoisotopic (exact) mass is 130 g/mol. The second-order valence-corrected chi connectivity index (χ2v) is 1.47. The van der Waals surface area contributed by atoms with Gasteiger partial charge in [-0.1, -0.05) is 0 Å². The molecule has 0 saturated carbocycles. The number of nitrogens with one attached hydrogen (secondary N) is 1. The molecular formula is C6H12NO2. The molecule has 0 aliphatic heterocycles. The zero-order chi connectivity index (χ0) is 7.11. The fourth-order valence-corrected chi connectivity index (χ4v) is 0.397. The van der Waals surface area contributed by atoms with E-state index < -0.39 is 0 Å². The zero-order valence-corrected chi connectivity index (χ0v) is 5.81. The third-order valence-electron chi connectivity index (χ3n) is 0.756. The van der Waals surface area contributed by atoms with Crippen LogP contribution in [-0.2, 0) is 9.53 Å². The van der Waals surface area contributed by atoms with E-state index in [2.05, 4.69) is 10.1 Å². The van der Waals surface area contributed by atoms with Crippen LogP contribution in [0, 0.1) is 6.54 Å². The SMILES string of the molecule is C[CH]NCC(=O)OCC. The van der Waals surface area contributed by atoms with Gasteiger partial charge in [-0.2, -0.15) is 0 Å². The molecule has 53 valence electrons. The van der Waals surface area contributed by atoms with Crippen LogP contribution in [0.25, 0.3) is 0 Å². The molecule has 3 nitrogen and oxygen atoms in total. The average Bonchev–Trinajstić information content (AvgIpc) is 1.85. The minimum absolute atomic E-state index is 0.212. The van der Waals surface area contributed by atoms with E-state index in [9.17, 15) is 4.79 Å². The minimum atomic E-state index is -0.212. The molecule has 0 bridgehead atoms. The van der Waals surface area contributed by atoms with Gasteiger partial charge in [0, 0.05) is 6.54 Å². The van der Waals surface area contributed by atoms with E-state index in [1.54, 1.807) is 13.5 Å². The van der Waals surface area contributed by atoms with E-state index in [-0.39, 0.29) is 12.5 Å². The van der Waals surface area contributed by atoms with E-state index in [1.807, 2.05) is 6.92 Å². The maximum atomic E-state index is 10.5. The Balaban J connectivity index is 3.06. The number of esters is 1. The van der Waals surface area contributed by atoms with Crippen molar-refractivity contribution in [1.29, 1.82) is 0 Å². The molecule has 9 heavy (non-hydrogen) atoms. The fourth-order valence-electron chi connectivity index (χ4n) is 0.397. The molecule has 3 heteroatoms. The largest absolute Gasteiger partial charge is 0.465 e. The number of carbonyl (C=O) groups excluding carboxylic acids is 1. The Kier molecular flexibility index (Phi) is 5.21. The first-order valence-corrected chi connectivity index (χ1v) is 2.98. The summed E-state index contributed by atoms with van der Waals surface area (Å²) in [4.78, 5) is 10.5. The number of ether oxygens (including phenoxy) is 1. The normalized spacial score (nSPS) is 9.11. The minimum Gasteiger partial charge on any atom is -0.465 e. The van der Waals surface area contributed by atoms with Crippen LogP contribution in [0.4, 0.5) is 0 Å². The van der Waals surface area contributed by atoms with Gasteiger partial charge in [-0.05, 0) is 13.8 Å². The molecule has 0 atom stereocenters. The molecule has 0 fully saturated rings. The predicted octanol–water partition coefficient (Wildman–Crippen LogP) is 0.321. The fraction of sp³-hybridized carbons (Fsp3) is 0.667. The highest BCUT2D eigenvalue weighted by Gasteiger charge is 1.96. The van der Waals surface area contributed by atoms with Crippen molar-refractivity contribution in [2.45, 2.75) is 13.8 Å². The van der Waals surface area contributed by atoms with Gasteiger partial charge < -0.3 is 10.1 Å². The maximum Gasteiger partial charge on any atom is 0.319 e. The van der Waals surface area contributed by atoms with E-state index >= 15 is 0 Å². The summed E-state index contributed by atoms with van der Waals surface area (Å²) < 4.78 is 4.62.